The van der Waals surface area contributed by atoms with Crippen LogP contribution in [0.1, 0.15) is 52.0 Å². The molecule has 7 rings (SSSR count). The number of carbonyl (C=O) groups is 1. The van der Waals surface area contributed by atoms with E-state index in [4.69, 9.17) is 9.84 Å². The van der Waals surface area contributed by atoms with Crippen molar-refractivity contribution in [3.63, 3.8) is 0 Å². The van der Waals surface area contributed by atoms with Crippen LogP contribution in [0.5, 0.6) is 11.5 Å². The summed E-state index contributed by atoms with van der Waals surface area (Å²) in [6.45, 7) is 9.84. The van der Waals surface area contributed by atoms with Gasteiger partial charge in [-0.2, -0.15) is 5.10 Å². The molecule has 0 saturated carbocycles. The summed E-state index contributed by atoms with van der Waals surface area (Å²) in [4.78, 5) is 19.0. The topological polar surface area (TPSA) is 90.4 Å². The largest absolute Gasteiger partial charge is 0.456 e. The average molecular weight is 635 g/mol. The fraction of sp³-hybridized carbons (Fsp3) is 0.175. The van der Waals surface area contributed by atoms with E-state index in [1.165, 1.54) is 0 Å². The fourth-order valence-electron chi connectivity index (χ4n) is 6.69. The maximum Gasteiger partial charge on any atom is 0.275 e. The number of anilines is 4. The van der Waals surface area contributed by atoms with Gasteiger partial charge in [0.05, 0.1) is 11.9 Å². The summed E-state index contributed by atoms with van der Waals surface area (Å²) >= 11 is 0. The summed E-state index contributed by atoms with van der Waals surface area (Å²) in [5.41, 5.74) is 8.95. The molecule has 0 bridgehead atoms. The number of fused-ring (bicyclic) bond motifs is 6. The number of para-hydroxylation sites is 1. The Hall–Kier alpha value is -5.89. The summed E-state index contributed by atoms with van der Waals surface area (Å²) in [7, 11) is 0. The molecule has 2 aliphatic heterocycles. The molecule has 3 N–H and O–H groups in total. The third-order valence-electron chi connectivity index (χ3n) is 8.85. The van der Waals surface area contributed by atoms with Crippen LogP contribution in [0.4, 0.5) is 28.4 Å². The highest BCUT2D eigenvalue weighted by Gasteiger charge is 2.57. The number of amides is 1. The second kappa shape index (κ2) is 12.7. The molecule has 0 radical (unpaired) electrons. The Kier molecular flexibility index (Phi) is 8.15. The minimum Gasteiger partial charge on any atom is -0.456 e. The van der Waals surface area contributed by atoms with Crippen molar-refractivity contribution in [1.82, 2.24) is 5.01 Å². The molecule has 1 spiro atoms. The number of benzene rings is 5. The molecular formula is C40H38N6O2. The minimum absolute atomic E-state index is 0.188. The van der Waals surface area contributed by atoms with Gasteiger partial charge in [-0.1, -0.05) is 36.4 Å². The van der Waals surface area contributed by atoms with E-state index in [0.717, 1.165) is 69.3 Å². The lowest BCUT2D eigenvalue weighted by atomic mass is 9.74. The predicted molar refractivity (Wildman–Crippen MR) is 196 cm³/mol. The summed E-state index contributed by atoms with van der Waals surface area (Å²) in [5.74, 6) is 1.17. The molecule has 2 heterocycles. The van der Waals surface area contributed by atoms with Crippen LogP contribution >= 0.6 is 0 Å². The molecule has 0 saturated heterocycles. The quantitative estimate of drug-likeness (QED) is 0.141. The van der Waals surface area contributed by atoms with E-state index in [1.807, 2.05) is 91.0 Å². The Morgan fingerprint density at radius 2 is 1.29 bits per heavy atom. The van der Waals surface area contributed by atoms with Crippen molar-refractivity contribution < 1.29 is 9.53 Å². The predicted octanol–water partition coefficient (Wildman–Crippen LogP) is 9.15. The highest BCUT2D eigenvalue weighted by molar-refractivity contribution is 6.17. The lowest BCUT2D eigenvalue weighted by Crippen LogP contribution is -2.44. The zero-order valence-electron chi connectivity index (χ0n) is 27.5. The van der Waals surface area contributed by atoms with Crippen LogP contribution in [0, 0.1) is 13.8 Å². The van der Waals surface area contributed by atoms with Gasteiger partial charge in [0.15, 0.2) is 0 Å². The molecule has 0 unspecified atom stereocenters. The summed E-state index contributed by atoms with van der Waals surface area (Å²) in [6, 6.07) is 34.0. The van der Waals surface area contributed by atoms with Gasteiger partial charge in [-0.3, -0.25) is 9.79 Å². The van der Waals surface area contributed by atoms with E-state index in [0.29, 0.717) is 17.1 Å². The van der Waals surface area contributed by atoms with Gasteiger partial charge in [0.25, 0.3) is 5.91 Å². The maximum absolute atomic E-state index is 14.3. The van der Waals surface area contributed by atoms with Crippen LogP contribution in [0.15, 0.2) is 113 Å². The van der Waals surface area contributed by atoms with Crippen LogP contribution in [-0.2, 0) is 5.54 Å². The van der Waals surface area contributed by atoms with E-state index in [1.54, 1.807) is 17.4 Å². The summed E-state index contributed by atoms with van der Waals surface area (Å²) in [6.07, 6.45) is 3.22. The molecule has 0 aliphatic carbocycles. The fourth-order valence-corrected chi connectivity index (χ4v) is 6.69. The number of nitrogens with one attached hydrogen (secondary N) is 3. The van der Waals surface area contributed by atoms with E-state index in [2.05, 4.69) is 60.8 Å². The number of hydrogen-bond acceptors (Lipinski definition) is 7. The number of nitrogens with zero attached hydrogens (tertiary/aromatic N) is 3. The third kappa shape index (κ3) is 5.25. The Bertz CT molecular complexity index is 1990. The molecule has 0 atom stereocenters. The first-order valence-corrected chi connectivity index (χ1v) is 16.3. The summed E-state index contributed by atoms with van der Waals surface area (Å²) < 4.78 is 6.68. The molecular weight excluding hydrogens is 596 g/mol. The van der Waals surface area contributed by atoms with Gasteiger partial charge >= 0.3 is 0 Å². The summed E-state index contributed by atoms with van der Waals surface area (Å²) in [5, 5.41) is 16.8. The number of ether oxygens (including phenoxy) is 1. The molecule has 1 amide bonds. The Labute approximate surface area is 281 Å². The van der Waals surface area contributed by atoms with Gasteiger partial charge < -0.3 is 20.7 Å². The highest BCUT2D eigenvalue weighted by atomic mass is 16.5. The minimum atomic E-state index is -1.06. The van der Waals surface area contributed by atoms with Crippen molar-refractivity contribution >= 4 is 46.8 Å². The molecule has 5 aromatic rings. The van der Waals surface area contributed by atoms with Gasteiger partial charge in [0.2, 0.25) is 0 Å². The van der Waals surface area contributed by atoms with Gasteiger partial charge in [0, 0.05) is 76.4 Å². The zero-order chi connectivity index (χ0) is 33.3. The second-order valence-corrected chi connectivity index (χ2v) is 11.9. The number of aryl methyl sites for hydroxylation is 2. The van der Waals surface area contributed by atoms with Gasteiger partial charge in [-0.25, -0.2) is 5.01 Å². The van der Waals surface area contributed by atoms with Gasteiger partial charge in [0.1, 0.15) is 17.0 Å². The molecule has 8 nitrogen and oxygen atoms in total. The Balaban J connectivity index is 1.32. The number of carbonyl (C=O) groups excluding carboxylic acids is 1. The van der Waals surface area contributed by atoms with Gasteiger partial charge in [-0.05, 0) is 93.4 Å². The van der Waals surface area contributed by atoms with E-state index in [-0.39, 0.29) is 5.91 Å². The van der Waals surface area contributed by atoms with Crippen molar-refractivity contribution in [1.29, 1.82) is 0 Å². The molecule has 2 aliphatic rings. The first-order valence-electron chi connectivity index (χ1n) is 16.3. The third-order valence-corrected chi connectivity index (χ3v) is 8.85. The van der Waals surface area contributed by atoms with Gasteiger partial charge in [-0.15, -0.1) is 0 Å². The van der Waals surface area contributed by atoms with Crippen molar-refractivity contribution in [3.8, 4) is 11.5 Å². The van der Waals surface area contributed by atoms with Crippen molar-refractivity contribution in [2.45, 2.75) is 33.2 Å². The number of rotatable bonds is 9. The number of aliphatic imine (C=N–C) groups is 1. The molecule has 5 aromatic carbocycles. The van der Waals surface area contributed by atoms with Crippen molar-refractivity contribution in [3.05, 3.63) is 137 Å². The smallest absolute Gasteiger partial charge is 0.275 e. The maximum atomic E-state index is 14.3. The second-order valence-electron chi connectivity index (χ2n) is 11.9. The first kappa shape index (κ1) is 30.7. The SMILES string of the molecule is CCNc1cc2c(cc1C)C1(c3cc(C)c(NCC)cc3O2)c2ccccc2C(=O)N1/N=C/C=Nc1ccc(Nc2ccccc2)cc1. The van der Waals surface area contributed by atoms with E-state index >= 15 is 0 Å². The van der Waals surface area contributed by atoms with E-state index in [9.17, 15) is 4.79 Å². The average Bonchev–Trinajstić information content (AvgIpc) is 3.34. The molecule has 240 valence electrons. The highest BCUT2D eigenvalue weighted by Crippen LogP contribution is 2.58. The monoisotopic (exact) mass is 634 g/mol. The molecule has 0 aromatic heterocycles. The zero-order valence-corrected chi connectivity index (χ0v) is 27.5. The Morgan fingerprint density at radius 3 is 1.92 bits per heavy atom. The molecule has 0 fully saturated rings. The lowest BCUT2D eigenvalue weighted by molar-refractivity contribution is 0.0675. The number of hydrogen-bond donors (Lipinski definition) is 3. The van der Waals surface area contributed by atoms with Crippen LogP contribution < -0.4 is 20.7 Å². The number of hydrazone groups is 1. The van der Waals surface area contributed by atoms with Crippen LogP contribution in [0.2, 0.25) is 0 Å². The van der Waals surface area contributed by atoms with Crippen molar-refractivity contribution in [2.24, 2.45) is 10.1 Å². The molecule has 8 heteroatoms. The van der Waals surface area contributed by atoms with Crippen LogP contribution in [0.3, 0.4) is 0 Å². The first-order chi connectivity index (χ1) is 23.4. The molecule has 48 heavy (non-hydrogen) atoms. The lowest BCUT2D eigenvalue weighted by Gasteiger charge is -2.42. The van der Waals surface area contributed by atoms with Crippen LogP contribution in [-0.4, -0.2) is 36.4 Å². The standard InChI is InChI=1S/C40H38N6O2/c1-5-41-35-24-37-33(22-26(35)3)40(34-23-27(4)36(42-6-2)25-38(34)48-37)32-15-11-10-14-31(32)39(47)46(40)44-21-20-43-28-16-18-30(19-17-28)45-29-12-8-7-9-13-29/h7-25,41-42,45H,5-6H2,1-4H3/b43-20?,44-21+. The van der Waals surface area contributed by atoms with Crippen LogP contribution in [0.25, 0.3) is 0 Å². The van der Waals surface area contributed by atoms with Crippen molar-refractivity contribution in [2.75, 3.05) is 29.0 Å². The van der Waals surface area contributed by atoms with E-state index < -0.39 is 5.54 Å². The Morgan fingerprint density at radius 1 is 0.708 bits per heavy atom. The normalized spacial score (nSPS) is 14.2.